The van der Waals surface area contributed by atoms with E-state index in [2.05, 4.69) is 25.3 Å². The average Bonchev–Trinajstić information content (AvgIpc) is 2.74. The number of carbonyl (C=O) groups is 2. The SMILES string of the molecule is COC(=O)c1cccc(NC(=O)c2ccnc(Nc3ccc(C#N)cc3)n2)c1. The standard InChI is InChI=1S/C20H15N5O3/c1-28-19(27)14-3-2-4-16(11-14)23-18(26)17-9-10-22-20(25-17)24-15-7-5-13(12-21)6-8-15/h2-11H,1H3,(H,23,26)(H,22,24,25). The predicted octanol–water partition coefficient (Wildman–Crippen LogP) is 3.13. The molecule has 3 rings (SSSR count). The molecule has 2 aromatic carbocycles. The molecule has 0 saturated heterocycles. The van der Waals surface area contributed by atoms with E-state index in [1.807, 2.05) is 6.07 Å². The van der Waals surface area contributed by atoms with E-state index in [4.69, 9.17) is 5.26 Å². The fourth-order valence-electron chi connectivity index (χ4n) is 2.34. The van der Waals surface area contributed by atoms with Gasteiger partial charge in [0, 0.05) is 17.6 Å². The number of methoxy groups -OCH3 is 1. The molecule has 0 fully saturated rings. The Morgan fingerprint density at radius 2 is 1.86 bits per heavy atom. The topological polar surface area (TPSA) is 117 Å². The van der Waals surface area contributed by atoms with E-state index >= 15 is 0 Å². The lowest BCUT2D eigenvalue weighted by atomic mass is 10.2. The van der Waals surface area contributed by atoms with Crippen LogP contribution in [-0.2, 0) is 4.74 Å². The maximum atomic E-state index is 12.5. The van der Waals surface area contributed by atoms with Crippen molar-refractivity contribution in [1.82, 2.24) is 9.97 Å². The Balaban J connectivity index is 1.73. The molecule has 3 aromatic rings. The van der Waals surface area contributed by atoms with Gasteiger partial charge in [0.1, 0.15) is 5.69 Å². The molecule has 28 heavy (non-hydrogen) atoms. The van der Waals surface area contributed by atoms with Crippen molar-refractivity contribution in [1.29, 1.82) is 5.26 Å². The van der Waals surface area contributed by atoms with E-state index in [1.54, 1.807) is 42.5 Å². The first-order chi connectivity index (χ1) is 13.6. The van der Waals surface area contributed by atoms with Gasteiger partial charge in [-0.1, -0.05) is 6.07 Å². The van der Waals surface area contributed by atoms with Crippen molar-refractivity contribution < 1.29 is 14.3 Å². The molecule has 8 heteroatoms. The molecule has 0 spiro atoms. The van der Waals surface area contributed by atoms with Crippen LogP contribution in [0.4, 0.5) is 17.3 Å². The Morgan fingerprint density at radius 1 is 1.07 bits per heavy atom. The lowest BCUT2D eigenvalue weighted by Crippen LogP contribution is -2.15. The summed E-state index contributed by atoms with van der Waals surface area (Å²) in [5, 5.41) is 14.5. The molecule has 0 saturated carbocycles. The summed E-state index contributed by atoms with van der Waals surface area (Å²) in [5.41, 5.74) is 2.13. The minimum Gasteiger partial charge on any atom is -0.465 e. The van der Waals surface area contributed by atoms with Gasteiger partial charge >= 0.3 is 5.97 Å². The zero-order valence-corrected chi connectivity index (χ0v) is 14.8. The first-order valence-electron chi connectivity index (χ1n) is 8.19. The van der Waals surface area contributed by atoms with Crippen LogP contribution in [0.15, 0.2) is 60.8 Å². The van der Waals surface area contributed by atoms with Gasteiger partial charge in [0.05, 0.1) is 24.3 Å². The summed E-state index contributed by atoms with van der Waals surface area (Å²) >= 11 is 0. The second-order valence-electron chi connectivity index (χ2n) is 5.61. The molecule has 138 valence electrons. The van der Waals surface area contributed by atoms with E-state index in [1.165, 1.54) is 25.4 Å². The van der Waals surface area contributed by atoms with Gasteiger partial charge in [0.15, 0.2) is 0 Å². The number of nitriles is 1. The summed E-state index contributed by atoms with van der Waals surface area (Å²) in [5.74, 6) is -0.708. The number of anilines is 3. The molecule has 0 aliphatic rings. The Kier molecular flexibility index (Phi) is 5.58. The number of nitrogens with zero attached hydrogens (tertiary/aromatic N) is 3. The Morgan fingerprint density at radius 3 is 2.57 bits per heavy atom. The monoisotopic (exact) mass is 373 g/mol. The van der Waals surface area contributed by atoms with Gasteiger partial charge in [-0.25, -0.2) is 14.8 Å². The number of carbonyl (C=O) groups excluding carboxylic acids is 2. The van der Waals surface area contributed by atoms with Gasteiger partial charge in [0.25, 0.3) is 5.91 Å². The van der Waals surface area contributed by atoms with Crippen LogP contribution in [0.25, 0.3) is 0 Å². The quantitative estimate of drug-likeness (QED) is 0.660. The fourth-order valence-corrected chi connectivity index (χ4v) is 2.34. The van der Waals surface area contributed by atoms with Crippen LogP contribution in [0, 0.1) is 11.3 Å². The molecular formula is C20H15N5O3. The van der Waals surface area contributed by atoms with Crippen molar-refractivity contribution in [3.05, 3.63) is 77.6 Å². The van der Waals surface area contributed by atoms with Crippen LogP contribution < -0.4 is 10.6 Å². The highest BCUT2D eigenvalue weighted by atomic mass is 16.5. The fraction of sp³-hybridized carbons (Fsp3) is 0.0500. The highest BCUT2D eigenvalue weighted by Gasteiger charge is 2.11. The molecule has 0 atom stereocenters. The van der Waals surface area contributed by atoms with E-state index in [0.717, 1.165) is 0 Å². The summed E-state index contributed by atoms with van der Waals surface area (Å²) in [6.07, 6.45) is 1.46. The number of esters is 1. The Hall–Kier alpha value is -4.25. The smallest absolute Gasteiger partial charge is 0.337 e. The van der Waals surface area contributed by atoms with Crippen molar-refractivity contribution in [3.8, 4) is 6.07 Å². The van der Waals surface area contributed by atoms with Crippen LogP contribution in [-0.4, -0.2) is 29.0 Å². The third-order valence-electron chi connectivity index (χ3n) is 3.70. The summed E-state index contributed by atoms with van der Waals surface area (Å²) in [6, 6.07) is 16.7. The van der Waals surface area contributed by atoms with Crippen LogP contribution in [0.2, 0.25) is 0 Å². The number of hydrogen-bond donors (Lipinski definition) is 2. The minimum atomic E-state index is -0.493. The van der Waals surface area contributed by atoms with Crippen LogP contribution >= 0.6 is 0 Å². The van der Waals surface area contributed by atoms with Crippen LogP contribution in [0.5, 0.6) is 0 Å². The van der Waals surface area contributed by atoms with Gasteiger partial charge in [-0.3, -0.25) is 4.79 Å². The zero-order valence-electron chi connectivity index (χ0n) is 14.8. The summed E-state index contributed by atoms with van der Waals surface area (Å²) in [6.45, 7) is 0. The summed E-state index contributed by atoms with van der Waals surface area (Å²) < 4.78 is 4.67. The highest BCUT2D eigenvalue weighted by molar-refractivity contribution is 6.03. The lowest BCUT2D eigenvalue weighted by molar-refractivity contribution is 0.0600. The number of nitrogens with one attached hydrogen (secondary N) is 2. The maximum Gasteiger partial charge on any atom is 0.337 e. The number of aromatic nitrogens is 2. The highest BCUT2D eigenvalue weighted by Crippen LogP contribution is 2.15. The average molecular weight is 373 g/mol. The first kappa shape index (κ1) is 18.5. The minimum absolute atomic E-state index is 0.148. The van der Waals surface area contributed by atoms with Gasteiger partial charge in [-0.05, 0) is 48.5 Å². The molecule has 0 aliphatic heterocycles. The van der Waals surface area contributed by atoms with Crippen molar-refractivity contribution in [2.24, 2.45) is 0 Å². The summed E-state index contributed by atoms with van der Waals surface area (Å²) in [4.78, 5) is 32.3. The molecule has 2 N–H and O–H groups in total. The molecule has 0 bridgehead atoms. The predicted molar refractivity (Wildman–Crippen MR) is 102 cm³/mol. The molecule has 1 heterocycles. The Bertz CT molecular complexity index is 1060. The third kappa shape index (κ3) is 4.47. The summed E-state index contributed by atoms with van der Waals surface area (Å²) in [7, 11) is 1.29. The van der Waals surface area contributed by atoms with Gasteiger partial charge in [0.2, 0.25) is 5.95 Å². The second-order valence-corrected chi connectivity index (χ2v) is 5.61. The molecule has 1 amide bonds. The third-order valence-corrected chi connectivity index (χ3v) is 3.70. The van der Waals surface area contributed by atoms with Gasteiger partial charge in [-0.15, -0.1) is 0 Å². The van der Waals surface area contributed by atoms with Crippen molar-refractivity contribution >= 4 is 29.2 Å². The normalized spacial score (nSPS) is 9.86. The number of amides is 1. The van der Waals surface area contributed by atoms with E-state index in [0.29, 0.717) is 22.5 Å². The lowest BCUT2D eigenvalue weighted by Gasteiger charge is -2.08. The van der Waals surface area contributed by atoms with E-state index < -0.39 is 11.9 Å². The molecule has 0 aliphatic carbocycles. The Labute approximate surface area is 160 Å². The van der Waals surface area contributed by atoms with Crippen molar-refractivity contribution in [2.45, 2.75) is 0 Å². The molecular weight excluding hydrogens is 358 g/mol. The van der Waals surface area contributed by atoms with Crippen molar-refractivity contribution in [2.75, 3.05) is 17.7 Å². The van der Waals surface area contributed by atoms with Crippen LogP contribution in [0.1, 0.15) is 26.4 Å². The second kappa shape index (κ2) is 8.42. The van der Waals surface area contributed by atoms with Gasteiger partial charge in [-0.2, -0.15) is 5.26 Å². The number of ether oxygens (including phenoxy) is 1. The van der Waals surface area contributed by atoms with Crippen LogP contribution in [0.3, 0.4) is 0 Å². The van der Waals surface area contributed by atoms with Gasteiger partial charge < -0.3 is 15.4 Å². The zero-order chi connectivity index (χ0) is 19.9. The molecule has 0 radical (unpaired) electrons. The van der Waals surface area contributed by atoms with Crippen molar-refractivity contribution in [3.63, 3.8) is 0 Å². The number of hydrogen-bond acceptors (Lipinski definition) is 7. The van der Waals surface area contributed by atoms with E-state index in [-0.39, 0.29) is 11.6 Å². The first-order valence-corrected chi connectivity index (χ1v) is 8.19. The van der Waals surface area contributed by atoms with E-state index in [9.17, 15) is 9.59 Å². The molecule has 0 unspecified atom stereocenters. The molecule has 1 aromatic heterocycles. The molecule has 8 nitrogen and oxygen atoms in total. The number of rotatable bonds is 5. The largest absolute Gasteiger partial charge is 0.465 e. The maximum absolute atomic E-state index is 12.5. The number of benzene rings is 2.